The number of aliphatic hydroxyl groups is 1. The van der Waals surface area contributed by atoms with Gasteiger partial charge >= 0.3 is 6.03 Å². The lowest BCUT2D eigenvalue weighted by molar-refractivity contribution is -0.128. The summed E-state index contributed by atoms with van der Waals surface area (Å²) in [5, 5.41) is 14.9. The van der Waals surface area contributed by atoms with E-state index in [9.17, 15) is 9.59 Å². The molecule has 1 aliphatic heterocycles. The molecule has 1 atom stereocenters. The van der Waals surface area contributed by atoms with Crippen molar-refractivity contribution in [2.24, 2.45) is 0 Å². The third kappa shape index (κ3) is 4.52. The second kappa shape index (κ2) is 8.21. The van der Waals surface area contributed by atoms with Crippen molar-refractivity contribution in [3.8, 4) is 5.75 Å². The molecule has 132 valence electrons. The number of aliphatic hydroxyl groups excluding tert-OH is 1. The maximum absolute atomic E-state index is 12.5. The summed E-state index contributed by atoms with van der Waals surface area (Å²) in [6.45, 7) is 4.39. The number of carbonyl (C=O) groups is 2. The minimum atomic E-state index is -0.678. The van der Waals surface area contributed by atoms with Crippen LogP contribution in [0.1, 0.15) is 20.3 Å². The van der Waals surface area contributed by atoms with Crippen molar-refractivity contribution in [2.75, 3.05) is 25.0 Å². The van der Waals surface area contributed by atoms with E-state index in [0.717, 1.165) is 0 Å². The molecule has 0 unspecified atom stereocenters. The van der Waals surface area contributed by atoms with Crippen LogP contribution in [-0.4, -0.2) is 53.8 Å². The molecule has 1 aliphatic rings. The molecular formula is C16H22ClN3O4. The van der Waals surface area contributed by atoms with Gasteiger partial charge < -0.3 is 25.4 Å². The Balaban J connectivity index is 2.08. The number of carbonyl (C=O) groups excluding carboxylic acids is 2. The maximum Gasteiger partial charge on any atom is 0.322 e. The highest BCUT2D eigenvalue weighted by Gasteiger charge is 2.32. The molecule has 3 N–H and O–H groups in total. The summed E-state index contributed by atoms with van der Waals surface area (Å²) in [5.41, 5.74) is 0.509. The number of rotatable bonds is 5. The second-order valence-electron chi connectivity index (χ2n) is 5.75. The fraction of sp³-hybridized carbons (Fsp3) is 0.500. The van der Waals surface area contributed by atoms with Gasteiger partial charge in [-0.2, -0.15) is 0 Å². The Bertz CT molecular complexity index is 609. The average molecular weight is 356 g/mol. The Morgan fingerprint density at radius 1 is 1.54 bits per heavy atom. The molecule has 0 spiro atoms. The van der Waals surface area contributed by atoms with Crippen LogP contribution in [-0.2, 0) is 4.79 Å². The third-order valence-electron chi connectivity index (χ3n) is 3.54. The topological polar surface area (TPSA) is 90.9 Å². The van der Waals surface area contributed by atoms with Gasteiger partial charge in [-0.3, -0.25) is 4.79 Å². The van der Waals surface area contributed by atoms with E-state index in [1.807, 2.05) is 13.8 Å². The molecule has 1 aromatic carbocycles. The van der Waals surface area contributed by atoms with E-state index in [4.69, 9.17) is 21.4 Å². The highest BCUT2D eigenvalue weighted by atomic mass is 35.5. The van der Waals surface area contributed by atoms with Crippen LogP contribution in [0, 0.1) is 0 Å². The van der Waals surface area contributed by atoms with Gasteiger partial charge in [0.1, 0.15) is 11.8 Å². The van der Waals surface area contributed by atoms with E-state index in [-0.39, 0.29) is 25.0 Å². The zero-order valence-corrected chi connectivity index (χ0v) is 14.5. The van der Waals surface area contributed by atoms with Gasteiger partial charge in [0.05, 0.1) is 11.1 Å². The molecule has 0 bridgehead atoms. The fourth-order valence-electron chi connectivity index (χ4n) is 2.49. The monoisotopic (exact) mass is 355 g/mol. The molecule has 1 heterocycles. The zero-order valence-electron chi connectivity index (χ0n) is 13.7. The van der Waals surface area contributed by atoms with Gasteiger partial charge in [0.2, 0.25) is 5.91 Å². The molecular weight excluding hydrogens is 334 g/mol. The lowest BCUT2D eigenvalue weighted by Crippen LogP contribution is -2.58. The Morgan fingerprint density at radius 3 is 2.92 bits per heavy atom. The molecule has 0 aromatic heterocycles. The molecule has 1 fully saturated rings. The minimum absolute atomic E-state index is 0.00552. The Labute approximate surface area is 145 Å². The molecule has 8 heteroatoms. The van der Waals surface area contributed by atoms with Crippen molar-refractivity contribution in [1.29, 1.82) is 0 Å². The first-order chi connectivity index (χ1) is 11.4. The highest BCUT2D eigenvalue weighted by molar-refractivity contribution is 6.32. The summed E-state index contributed by atoms with van der Waals surface area (Å²) in [7, 11) is 0. The van der Waals surface area contributed by atoms with E-state index in [1.165, 1.54) is 4.90 Å². The molecule has 2 rings (SSSR count). The first kappa shape index (κ1) is 18.4. The van der Waals surface area contributed by atoms with E-state index in [0.29, 0.717) is 29.5 Å². The van der Waals surface area contributed by atoms with Crippen LogP contribution in [0.2, 0.25) is 5.02 Å². The van der Waals surface area contributed by atoms with Crippen LogP contribution in [0.4, 0.5) is 10.5 Å². The SMILES string of the molecule is CC(C)Oc1ccc(NC(=O)N2CCNC(=O)[C@@H]2CCO)cc1Cl. The maximum atomic E-state index is 12.5. The summed E-state index contributed by atoms with van der Waals surface area (Å²) in [6.07, 6.45) is 0.190. The Hall–Kier alpha value is -1.99. The van der Waals surface area contributed by atoms with Crippen LogP contribution in [0.25, 0.3) is 0 Å². The van der Waals surface area contributed by atoms with E-state index < -0.39 is 12.1 Å². The molecule has 24 heavy (non-hydrogen) atoms. The van der Waals surface area contributed by atoms with Gasteiger partial charge in [0, 0.05) is 25.4 Å². The van der Waals surface area contributed by atoms with Gasteiger partial charge in [-0.25, -0.2) is 4.79 Å². The van der Waals surface area contributed by atoms with Gasteiger partial charge in [0.15, 0.2) is 0 Å². The lowest BCUT2D eigenvalue weighted by atomic mass is 10.1. The number of ether oxygens (including phenoxy) is 1. The van der Waals surface area contributed by atoms with E-state index >= 15 is 0 Å². The molecule has 1 saturated heterocycles. The van der Waals surface area contributed by atoms with Crippen molar-refractivity contribution < 1.29 is 19.4 Å². The normalized spacial score (nSPS) is 17.6. The number of anilines is 1. The number of hydrogen-bond acceptors (Lipinski definition) is 4. The second-order valence-corrected chi connectivity index (χ2v) is 6.16. The number of hydrogen-bond donors (Lipinski definition) is 3. The van der Waals surface area contributed by atoms with Crippen molar-refractivity contribution >= 4 is 29.2 Å². The van der Waals surface area contributed by atoms with Crippen LogP contribution < -0.4 is 15.4 Å². The summed E-state index contributed by atoms with van der Waals surface area (Å²) in [4.78, 5) is 25.7. The van der Waals surface area contributed by atoms with Crippen molar-refractivity contribution in [3.05, 3.63) is 23.2 Å². The number of halogens is 1. The number of piperazine rings is 1. The zero-order chi connectivity index (χ0) is 17.7. The highest BCUT2D eigenvalue weighted by Crippen LogP contribution is 2.28. The number of nitrogens with zero attached hydrogens (tertiary/aromatic N) is 1. The van der Waals surface area contributed by atoms with Crippen molar-refractivity contribution in [2.45, 2.75) is 32.4 Å². The lowest BCUT2D eigenvalue weighted by Gasteiger charge is -2.34. The fourth-order valence-corrected chi connectivity index (χ4v) is 2.72. The van der Waals surface area contributed by atoms with Crippen molar-refractivity contribution in [1.82, 2.24) is 10.2 Å². The largest absolute Gasteiger partial charge is 0.489 e. The third-order valence-corrected chi connectivity index (χ3v) is 3.84. The molecule has 0 radical (unpaired) electrons. The minimum Gasteiger partial charge on any atom is -0.489 e. The van der Waals surface area contributed by atoms with Gasteiger partial charge in [-0.1, -0.05) is 11.6 Å². The molecule has 7 nitrogen and oxygen atoms in total. The van der Waals surface area contributed by atoms with Crippen molar-refractivity contribution in [3.63, 3.8) is 0 Å². The van der Waals surface area contributed by atoms with E-state index in [2.05, 4.69) is 10.6 Å². The quantitative estimate of drug-likeness (QED) is 0.751. The molecule has 0 saturated carbocycles. The van der Waals surface area contributed by atoms with Crippen LogP contribution in [0.5, 0.6) is 5.75 Å². The first-order valence-corrected chi connectivity index (χ1v) is 8.22. The smallest absolute Gasteiger partial charge is 0.322 e. The standard InChI is InChI=1S/C16H22ClN3O4/c1-10(2)24-14-4-3-11(9-12(14)17)19-16(23)20-7-6-18-15(22)13(20)5-8-21/h3-4,9-10,13,21H,5-8H2,1-2H3,(H,18,22)(H,19,23)/t13-/m0/s1. The Morgan fingerprint density at radius 2 is 2.29 bits per heavy atom. The average Bonchev–Trinajstić information content (AvgIpc) is 2.51. The number of urea groups is 1. The molecule has 1 aromatic rings. The van der Waals surface area contributed by atoms with Crippen LogP contribution in [0.3, 0.4) is 0 Å². The Kier molecular flexibility index (Phi) is 6.28. The summed E-state index contributed by atoms with van der Waals surface area (Å²) in [5.74, 6) is 0.282. The number of amides is 3. The molecule has 0 aliphatic carbocycles. The summed E-state index contributed by atoms with van der Waals surface area (Å²) < 4.78 is 5.55. The van der Waals surface area contributed by atoms with Crippen LogP contribution in [0.15, 0.2) is 18.2 Å². The number of benzene rings is 1. The van der Waals surface area contributed by atoms with Gasteiger partial charge in [-0.05, 0) is 38.5 Å². The van der Waals surface area contributed by atoms with Gasteiger partial charge in [0.25, 0.3) is 0 Å². The van der Waals surface area contributed by atoms with E-state index in [1.54, 1.807) is 18.2 Å². The number of nitrogens with one attached hydrogen (secondary N) is 2. The summed E-state index contributed by atoms with van der Waals surface area (Å²) >= 11 is 6.16. The van der Waals surface area contributed by atoms with Gasteiger partial charge in [-0.15, -0.1) is 0 Å². The predicted octanol–water partition coefficient (Wildman–Crippen LogP) is 1.84. The predicted molar refractivity (Wildman–Crippen MR) is 91.4 cm³/mol. The summed E-state index contributed by atoms with van der Waals surface area (Å²) in [6, 6.07) is 3.89. The van der Waals surface area contributed by atoms with Crippen LogP contribution >= 0.6 is 11.6 Å². The first-order valence-electron chi connectivity index (χ1n) is 7.84. The molecule has 3 amide bonds.